The first kappa shape index (κ1) is 14.8. The summed E-state index contributed by atoms with van der Waals surface area (Å²) in [5.74, 6) is -0.182. The number of hydrogen-bond donors (Lipinski definition) is 2. The third kappa shape index (κ3) is 3.05. The summed E-state index contributed by atoms with van der Waals surface area (Å²) in [6, 6.07) is 11.3. The van der Waals surface area contributed by atoms with Gasteiger partial charge in [0.05, 0.1) is 10.2 Å². The number of carbonyl (C=O) groups is 1. The lowest BCUT2D eigenvalue weighted by molar-refractivity contribution is 0.0962. The molecule has 2 aromatic carbocycles. The summed E-state index contributed by atoms with van der Waals surface area (Å²) in [6.45, 7) is 3.87. The van der Waals surface area contributed by atoms with E-state index in [1.807, 2.05) is 44.2 Å². The van der Waals surface area contributed by atoms with Gasteiger partial charge in [0.2, 0.25) is 5.13 Å². The molecule has 3 rings (SSSR count). The van der Waals surface area contributed by atoms with Gasteiger partial charge < -0.3 is 0 Å². The minimum Gasteiger partial charge on any atom is -0.273 e. The van der Waals surface area contributed by atoms with Crippen molar-refractivity contribution >= 4 is 44.2 Å². The summed E-state index contributed by atoms with van der Waals surface area (Å²) in [4.78, 5) is 16.6. The highest BCUT2D eigenvalue weighted by Gasteiger charge is 2.10. The molecule has 0 spiro atoms. The predicted molar refractivity (Wildman–Crippen MR) is 91.6 cm³/mol. The molecule has 1 amide bonds. The van der Waals surface area contributed by atoms with E-state index in [4.69, 9.17) is 11.6 Å². The second-order valence-corrected chi connectivity index (χ2v) is 6.50. The Hall–Kier alpha value is -2.11. The number of benzene rings is 2. The van der Waals surface area contributed by atoms with Crippen molar-refractivity contribution in [2.24, 2.45) is 0 Å². The zero-order chi connectivity index (χ0) is 15.7. The van der Waals surface area contributed by atoms with Gasteiger partial charge in [0, 0.05) is 10.6 Å². The Bertz CT molecular complexity index is 860. The van der Waals surface area contributed by atoms with Crippen LogP contribution in [0.2, 0.25) is 5.02 Å². The molecule has 0 bridgehead atoms. The number of nitrogens with one attached hydrogen (secondary N) is 2. The molecule has 1 heterocycles. The molecule has 3 aromatic rings. The fraction of sp³-hybridized carbons (Fsp3) is 0.125. The van der Waals surface area contributed by atoms with E-state index >= 15 is 0 Å². The van der Waals surface area contributed by atoms with E-state index in [9.17, 15) is 4.79 Å². The largest absolute Gasteiger partial charge is 0.273 e. The van der Waals surface area contributed by atoms with E-state index < -0.39 is 0 Å². The summed E-state index contributed by atoms with van der Waals surface area (Å²) in [6.07, 6.45) is 0. The Labute approximate surface area is 137 Å². The molecule has 6 heteroatoms. The zero-order valence-electron chi connectivity index (χ0n) is 12.1. The quantitative estimate of drug-likeness (QED) is 0.703. The maximum atomic E-state index is 12.2. The van der Waals surface area contributed by atoms with E-state index in [0.717, 1.165) is 21.3 Å². The highest BCUT2D eigenvalue weighted by atomic mass is 35.5. The van der Waals surface area contributed by atoms with E-state index in [-0.39, 0.29) is 5.91 Å². The van der Waals surface area contributed by atoms with Crippen LogP contribution in [-0.4, -0.2) is 10.9 Å². The number of halogens is 1. The average molecular weight is 332 g/mol. The summed E-state index contributed by atoms with van der Waals surface area (Å²) in [5.41, 5.74) is 9.02. The van der Waals surface area contributed by atoms with Gasteiger partial charge in [0.25, 0.3) is 5.91 Å². The maximum absolute atomic E-state index is 12.2. The number of hydrogen-bond acceptors (Lipinski definition) is 4. The van der Waals surface area contributed by atoms with Crippen molar-refractivity contribution in [1.29, 1.82) is 0 Å². The molecule has 22 heavy (non-hydrogen) atoms. The van der Waals surface area contributed by atoms with E-state index in [1.165, 1.54) is 11.3 Å². The van der Waals surface area contributed by atoms with Crippen LogP contribution in [0.25, 0.3) is 10.2 Å². The fourth-order valence-corrected chi connectivity index (χ4v) is 3.21. The normalized spacial score (nSPS) is 10.7. The van der Waals surface area contributed by atoms with Crippen LogP contribution in [0.5, 0.6) is 0 Å². The number of carbonyl (C=O) groups excluding carboxylic acids is 1. The lowest BCUT2D eigenvalue weighted by atomic mass is 10.1. The van der Waals surface area contributed by atoms with Crippen LogP contribution < -0.4 is 10.9 Å². The van der Waals surface area contributed by atoms with Crippen LogP contribution in [0.15, 0.2) is 36.4 Å². The number of amides is 1. The molecule has 0 aliphatic heterocycles. The Morgan fingerprint density at radius 1 is 1.18 bits per heavy atom. The van der Waals surface area contributed by atoms with E-state index in [0.29, 0.717) is 15.7 Å². The van der Waals surface area contributed by atoms with Gasteiger partial charge in [-0.1, -0.05) is 40.6 Å². The molecule has 0 aliphatic rings. The van der Waals surface area contributed by atoms with Gasteiger partial charge in [-0.05, 0) is 43.7 Å². The van der Waals surface area contributed by atoms with Crippen molar-refractivity contribution in [2.75, 3.05) is 5.43 Å². The van der Waals surface area contributed by atoms with Crippen molar-refractivity contribution < 1.29 is 4.79 Å². The summed E-state index contributed by atoms with van der Waals surface area (Å²) in [7, 11) is 0. The Morgan fingerprint density at radius 3 is 2.82 bits per heavy atom. The molecular formula is C16H14ClN3OS. The van der Waals surface area contributed by atoms with Crippen molar-refractivity contribution in [1.82, 2.24) is 10.4 Å². The van der Waals surface area contributed by atoms with Gasteiger partial charge in [-0.2, -0.15) is 0 Å². The average Bonchev–Trinajstić information content (AvgIpc) is 2.89. The van der Waals surface area contributed by atoms with Crippen LogP contribution in [0.1, 0.15) is 21.5 Å². The minimum atomic E-state index is -0.182. The van der Waals surface area contributed by atoms with E-state index in [1.54, 1.807) is 6.07 Å². The van der Waals surface area contributed by atoms with Gasteiger partial charge in [-0.25, -0.2) is 4.98 Å². The van der Waals surface area contributed by atoms with Gasteiger partial charge in [0.15, 0.2) is 0 Å². The lowest BCUT2D eigenvalue weighted by Gasteiger charge is -2.08. The van der Waals surface area contributed by atoms with Gasteiger partial charge in [0.1, 0.15) is 0 Å². The number of aryl methyl sites for hydroxylation is 2. The van der Waals surface area contributed by atoms with Gasteiger partial charge >= 0.3 is 0 Å². The number of nitrogens with zero attached hydrogens (tertiary/aromatic N) is 1. The topological polar surface area (TPSA) is 54.0 Å². The van der Waals surface area contributed by atoms with Crippen molar-refractivity contribution in [3.05, 3.63) is 58.1 Å². The molecule has 0 saturated carbocycles. The van der Waals surface area contributed by atoms with Crippen LogP contribution >= 0.6 is 22.9 Å². The molecule has 0 unspecified atom stereocenters. The zero-order valence-corrected chi connectivity index (χ0v) is 13.7. The fourth-order valence-electron chi connectivity index (χ4n) is 2.11. The van der Waals surface area contributed by atoms with Crippen LogP contribution in [0.4, 0.5) is 5.13 Å². The highest BCUT2D eigenvalue weighted by molar-refractivity contribution is 7.22. The van der Waals surface area contributed by atoms with Crippen molar-refractivity contribution in [3.8, 4) is 0 Å². The second kappa shape index (κ2) is 5.94. The molecule has 0 saturated heterocycles. The molecule has 4 nitrogen and oxygen atoms in total. The first-order valence-electron chi connectivity index (χ1n) is 6.72. The number of rotatable bonds is 3. The second-order valence-electron chi connectivity index (χ2n) is 5.03. The van der Waals surface area contributed by atoms with Gasteiger partial charge in [-0.3, -0.25) is 15.6 Å². The first-order chi connectivity index (χ1) is 10.5. The van der Waals surface area contributed by atoms with Crippen molar-refractivity contribution in [3.63, 3.8) is 0 Å². The summed E-state index contributed by atoms with van der Waals surface area (Å²) >= 11 is 7.39. The molecular weight excluding hydrogens is 318 g/mol. The molecule has 2 N–H and O–H groups in total. The third-order valence-electron chi connectivity index (χ3n) is 3.27. The number of thiazole rings is 1. The number of fused-ring (bicyclic) bond motifs is 1. The van der Waals surface area contributed by atoms with Crippen LogP contribution in [0.3, 0.4) is 0 Å². The molecule has 0 aliphatic carbocycles. The Balaban J connectivity index is 1.75. The van der Waals surface area contributed by atoms with Crippen LogP contribution in [0, 0.1) is 13.8 Å². The summed E-state index contributed by atoms with van der Waals surface area (Å²) in [5, 5.41) is 1.29. The minimum absolute atomic E-state index is 0.182. The SMILES string of the molecule is Cc1ccc(C)c(C(=O)NNc2nc3ccc(Cl)cc3s2)c1. The lowest BCUT2D eigenvalue weighted by Crippen LogP contribution is -2.29. The maximum Gasteiger partial charge on any atom is 0.269 e. The predicted octanol–water partition coefficient (Wildman–Crippen LogP) is 4.32. The standard InChI is InChI=1S/C16H14ClN3OS/c1-9-3-4-10(2)12(7-9)15(21)19-20-16-18-13-6-5-11(17)8-14(13)22-16/h3-8H,1-2H3,(H,18,20)(H,19,21). The molecule has 0 fully saturated rings. The number of hydrazine groups is 1. The molecule has 1 aromatic heterocycles. The number of anilines is 1. The molecule has 0 atom stereocenters. The molecule has 112 valence electrons. The first-order valence-corrected chi connectivity index (χ1v) is 7.92. The monoisotopic (exact) mass is 331 g/mol. The van der Waals surface area contributed by atoms with Gasteiger partial charge in [-0.15, -0.1) is 0 Å². The number of aromatic nitrogens is 1. The molecule has 0 radical (unpaired) electrons. The highest BCUT2D eigenvalue weighted by Crippen LogP contribution is 2.27. The Kier molecular flexibility index (Phi) is 4.00. The Morgan fingerprint density at radius 2 is 2.00 bits per heavy atom. The smallest absolute Gasteiger partial charge is 0.269 e. The summed E-state index contributed by atoms with van der Waals surface area (Å²) < 4.78 is 0.969. The van der Waals surface area contributed by atoms with Crippen molar-refractivity contribution in [2.45, 2.75) is 13.8 Å². The van der Waals surface area contributed by atoms with E-state index in [2.05, 4.69) is 15.8 Å². The van der Waals surface area contributed by atoms with Crippen LogP contribution in [-0.2, 0) is 0 Å². The third-order valence-corrected chi connectivity index (χ3v) is 4.44.